The normalized spacial score (nSPS) is 21.0. The van der Waals surface area contributed by atoms with Gasteiger partial charge in [-0.15, -0.1) is 0 Å². The van der Waals surface area contributed by atoms with E-state index in [0.29, 0.717) is 0 Å². The number of fused-ring (bicyclic) bond motifs is 12. The van der Waals surface area contributed by atoms with Crippen LogP contribution in [0.2, 0.25) is 0 Å². The van der Waals surface area contributed by atoms with Gasteiger partial charge in [-0.3, -0.25) is 4.90 Å². The Bertz CT molecular complexity index is 3660. The minimum absolute atomic E-state index is 0.00162. The molecule has 0 atom stereocenters. The van der Waals surface area contributed by atoms with Crippen LogP contribution in [0.15, 0.2) is 81.6 Å². The number of furan rings is 2. The van der Waals surface area contributed by atoms with Crippen molar-refractivity contribution >= 4 is 85.4 Å². The molecule has 0 N–H and O–H groups in total. The Labute approximate surface area is 449 Å². The predicted molar refractivity (Wildman–Crippen MR) is 321 cm³/mol. The Morgan fingerprint density at radius 1 is 0.493 bits per heavy atom. The molecule has 75 heavy (non-hydrogen) atoms. The fraction of sp³-hybridized carbons (Fsp3) is 0.486. The molecular formula is C70H83BN2O2. The molecule has 0 fully saturated rings. The van der Waals surface area contributed by atoms with Gasteiger partial charge in [-0.05, 0) is 199 Å². The number of anilines is 6. The molecule has 0 bridgehead atoms. The topological polar surface area (TPSA) is 32.8 Å². The molecule has 0 amide bonds. The number of aryl methyl sites for hydroxylation is 1. The smallest absolute Gasteiger partial charge is 0.257 e. The molecule has 0 spiro atoms. The molecule has 13 rings (SSSR count). The van der Waals surface area contributed by atoms with Gasteiger partial charge in [0.1, 0.15) is 16.9 Å². The molecule has 7 aromatic rings. The lowest BCUT2D eigenvalue weighted by atomic mass is 9.33. The number of rotatable bonds is 2. The summed E-state index contributed by atoms with van der Waals surface area (Å²) in [7, 11) is 0. The zero-order valence-electron chi connectivity index (χ0n) is 49.0. The number of allylic oxidation sites excluding steroid dienone is 1. The van der Waals surface area contributed by atoms with Gasteiger partial charge in [0.2, 0.25) is 5.88 Å². The number of hydrogen-bond acceptors (Lipinski definition) is 4. The highest BCUT2D eigenvalue weighted by atomic mass is 16.4. The van der Waals surface area contributed by atoms with Crippen LogP contribution in [-0.2, 0) is 49.7 Å². The van der Waals surface area contributed by atoms with Gasteiger partial charge in [0.05, 0.1) is 5.69 Å². The summed E-state index contributed by atoms with van der Waals surface area (Å²) in [5.74, 6) is 1.98. The van der Waals surface area contributed by atoms with Crippen molar-refractivity contribution < 1.29 is 8.83 Å². The first-order valence-electron chi connectivity index (χ1n) is 28.9. The van der Waals surface area contributed by atoms with Gasteiger partial charge < -0.3 is 13.7 Å². The third kappa shape index (κ3) is 6.99. The molecule has 4 heterocycles. The van der Waals surface area contributed by atoms with Crippen LogP contribution in [-0.4, -0.2) is 6.71 Å². The van der Waals surface area contributed by atoms with Crippen molar-refractivity contribution in [3.05, 3.63) is 129 Å². The summed E-state index contributed by atoms with van der Waals surface area (Å²) in [5.41, 5.74) is 24.8. The van der Waals surface area contributed by atoms with E-state index < -0.39 is 0 Å². The van der Waals surface area contributed by atoms with E-state index in [4.69, 9.17) is 8.83 Å². The molecule has 0 unspecified atom stereocenters. The Morgan fingerprint density at radius 3 is 1.64 bits per heavy atom. The van der Waals surface area contributed by atoms with Crippen LogP contribution in [0.25, 0.3) is 28.0 Å². The summed E-state index contributed by atoms with van der Waals surface area (Å²) in [6, 6.07) is 27.9. The Morgan fingerprint density at radius 2 is 1.04 bits per heavy atom. The third-order valence-corrected chi connectivity index (χ3v) is 20.4. The minimum atomic E-state index is -0.169. The first-order valence-corrected chi connectivity index (χ1v) is 28.9. The van der Waals surface area contributed by atoms with E-state index in [1.165, 1.54) is 112 Å². The molecule has 5 aromatic carbocycles. The summed E-state index contributed by atoms with van der Waals surface area (Å²) in [5, 5.41) is 2.52. The standard InChI is InChI=1S/C70H83BN2O2/c1-63(2,3)40-33-54-60-55(34-40)73(52-26-25-45(64(4,5)6)61-58(52)42-21-19-20-22-56(42)74-61)53-38-49-48(68(13,14)30-31-69(49,15)16)37-51(53)71(60)59-43-36-47-50(70(17,18)32-29-67(47,11)12)39-57(43)75-62(59)72(54)41-23-24-44-46(35-41)66(9,10)28-27-65(44,7)8/h20,22-26,33-39H,19,21,27-32H2,1-18H3. The lowest BCUT2D eigenvalue weighted by Gasteiger charge is -2.47. The first-order chi connectivity index (χ1) is 34.9. The molecular weight excluding hydrogens is 912 g/mol. The van der Waals surface area contributed by atoms with Crippen LogP contribution >= 0.6 is 0 Å². The Hall–Kier alpha value is -5.42. The van der Waals surface area contributed by atoms with E-state index in [1.54, 1.807) is 0 Å². The summed E-state index contributed by atoms with van der Waals surface area (Å²) in [4.78, 5) is 5.32. The number of hydrogen-bond donors (Lipinski definition) is 0. The van der Waals surface area contributed by atoms with Crippen molar-refractivity contribution in [3.63, 3.8) is 0 Å². The molecule has 4 nitrogen and oxygen atoms in total. The van der Waals surface area contributed by atoms with E-state index in [9.17, 15) is 0 Å². The van der Waals surface area contributed by atoms with Crippen molar-refractivity contribution in [2.75, 3.05) is 9.80 Å². The van der Waals surface area contributed by atoms with Gasteiger partial charge in [0.25, 0.3) is 6.71 Å². The molecule has 5 heteroatoms. The van der Waals surface area contributed by atoms with Crippen LogP contribution in [0.1, 0.15) is 225 Å². The van der Waals surface area contributed by atoms with Crippen LogP contribution < -0.4 is 26.2 Å². The van der Waals surface area contributed by atoms with Crippen molar-refractivity contribution in [3.8, 4) is 0 Å². The third-order valence-electron chi connectivity index (χ3n) is 20.4. The van der Waals surface area contributed by atoms with Crippen LogP contribution in [0, 0.1) is 0 Å². The maximum atomic E-state index is 7.76. The predicted octanol–water partition coefficient (Wildman–Crippen LogP) is 17.9. The van der Waals surface area contributed by atoms with Gasteiger partial charge in [0, 0.05) is 50.1 Å². The monoisotopic (exact) mass is 995 g/mol. The van der Waals surface area contributed by atoms with Gasteiger partial charge >= 0.3 is 0 Å². The summed E-state index contributed by atoms with van der Waals surface area (Å²) in [6.07, 6.45) is 13.4. The first kappa shape index (κ1) is 49.2. The Balaban J connectivity index is 1.22. The van der Waals surface area contributed by atoms with Crippen LogP contribution in [0.3, 0.4) is 0 Å². The lowest BCUT2D eigenvalue weighted by molar-refractivity contribution is 0.332. The molecule has 0 saturated heterocycles. The van der Waals surface area contributed by atoms with Crippen molar-refractivity contribution in [2.24, 2.45) is 0 Å². The zero-order valence-corrected chi connectivity index (χ0v) is 49.0. The number of benzene rings is 5. The van der Waals surface area contributed by atoms with Crippen molar-refractivity contribution in [1.29, 1.82) is 0 Å². The molecule has 388 valence electrons. The largest absolute Gasteiger partial charge is 0.456 e. The van der Waals surface area contributed by atoms with Crippen LogP contribution in [0.4, 0.5) is 34.3 Å². The van der Waals surface area contributed by atoms with E-state index in [0.717, 1.165) is 67.8 Å². The summed E-state index contributed by atoms with van der Waals surface area (Å²) < 4.78 is 14.9. The average Bonchev–Trinajstić information content (AvgIpc) is 4.16. The molecule has 2 aromatic heterocycles. The lowest BCUT2D eigenvalue weighted by Crippen LogP contribution is -2.61. The van der Waals surface area contributed by atoms with Gasteiger partial charge in [-0.25, -0.2) is 0 Å². The molecule has 0 radical (unpaired) electrons. The van der Waals surface area contributed by atoms with Gasteiger partial charge in [-0.1, -0.05) is 149 Å². The second kappa shape index (κ2) is 15.2. The number of nitrogens with zero attached hydrogens (tertiary/aromatic N) is 2. The Kier molecular flexibility index (Phi) is 9.96. The highest BCUT2D eigenvalue weighted by molar-refractivity contribution is 7.01. The fourth-order valence-electron chi connectivity index (χ4n) is 15.1. The van der Waals surface area contributed by atoms with Crippen LogP contribution in [0.5, 0.6) is 0 Å². The van der Waals surface area contributed by atoms with E-state index >= 15 is 0 Å². The average molecular weight is 995 g/mol. The zero-order chi connectivity index (χ0) is 53.3. The second-order valence-corrected chi connectivity index (χ2v) is 30.5. The van der Waals surface area contributed by atoms with Gasteiger partial charge in [-0.2, -0.15) is 0 Å². The maximum Gasteiger partial charge on any atom is 0.257 e. The molecule has 0 saturated carbocycles. The maximum absolute atomic E-state index is 7.76. The fourth-order valence-corrected chi connectivity index (χ4v) is 15.1. The van der Waals surface area contributed by atoms with E-state index in [1.807, 2.05) is 0 Å². The molecule has 4 aliphatic carbocycles. The summed E-state index contributed by atoms with van der Waals surface area (Å²) >= 11 is 0. The van der Waals surface area contributed by atoms with Gasteiger partial charge in [0.15, 0.2) is 0 Å². The highest BCUT2D eigenvalue weighted by Gasteiger charge is 2.51. The van der Waals surface area contributed by atoms with Crippen molar-refractivity contribution in [1.82, 2.24) is 0 Å². The summed E-state index contributed by atoms with van der Waals surface area (Å²) in [6.45, 7) is 43.8. The second-order valence-electron chi connectivity index (χ2n) is 30.5. The minimum Gasteiger partial charge on any atom is -0.456 e. The highest BCUT2D eigenvalue weighted by Crippen LogP contribution is 2.56. The van der Waals surface area contributed by atoms with E-state index in [-0.39, 0.29) is 50.0 Å². The molecule has 2 aliphatic heterocycles. The van der Waals surface area contributed by atoms with E-state index in [2.05, 4.69) is 213 Å². The molecule has 6 aliphatic rings. The van der Waals surface area contributed by atoms with Crippen molar-refractivity contribution in [2.45, 2.75) is 219 Å². The SMILES string of the molecule is CC(C)(C)c1cc2c3c(c1)N(c1ccc(C(C)(C)C)c4oc5c(c14)CCC=C5)c1cc4c(cc1B3c1c(oc3cc5c(cc13)C(C)(C)CCC5(C)C)N2c1ccc2c(c1)C(C)(C)CCC2(C)C)C(C)(C)CCC4(C)C. The quantitative estimate of drug-likeness (QED) is 0.162.